The lowest BCUT2D eigenvalue weighted by atomic mass is 10.0. The number of carbonyl (C=O) groups is 2. The smallest absolute Gasteiger partial charge is 0.221 e. The highest BCUT2D eigenvalue weighted by molar-refractivity contribution is 5.98. The minimum absolute atomic E-state index is 0.00932. The number of nitrogens with zero attached hydrogens (tertiary/aromatic N) is 2. The van der Waals surface area contributed by atoms with Crippen LogP contribution >= 0.6 is 0 Å². The molecule has 3 aromatic rings. The summed E-state index contributed by atoms with van der Waals surface area (Å²) >= 11 is 0. The van der Waals surface area contributed by atoms with Crippen molar-refractivity contribution in [1.29, 1.82) is 0 Å². The zero-order valence-corrected chi connectivity index (χ0v) is 17.7. The molecule has 0 spiro atoms. The zero-order valence-electron chi connectivity index (χ0n) is 17.7. The summed E-state index contributed by atoms with van der Waals surface area (Å²) in [5, 5.41) is 2.92. The number of amides is 1. The Bertz CT molecular complexity index is 1110. The number of aryl methyl sites for hydroxylation is 1. The first-order valence-corrected chi connectivity index (χ1v) is 10.5. The number of ether oxygens (including phenoxy) is 2. The van der Waals surface area contributed by atoms with E-state index in [9.17, 15) is 14.0 Å². The average Bonchev–Trinajstić information content (AvgIpc) is 3.08. The van der Waals surface area contributed by atoms with Gasteiger partial charge in [0.1, 0.15) is 17.7 Å². The monoisotopic (exact) mass is 437 g/mol. The molecule has 1 amide bonds. The highest BCUT2D eigenvalue weighted by atomic mass is 19.1. The first-order chi connectivity index (χ1) is 15.5. The van der Waals surface area contributed by atoms with Gasteiger partial charge in [0.2, 0.25) is 5.91 Å². The van der Waals surface area contributed by atoms with Crippen molar-refractivity contribution in [2.75, 3.05) is 13.2 Å². The molecule has 0 saturated carbocycles. The first kappa shape index (κ1) is 21.5. The molecule has 2 heterocycles. The average molecular weight is 437 g/mol. The molecule has 1 aliphatic heterocycles. The van der Waals surface area contributed by atoms with Crippen molar-refractivity contribution in [3.8, 4) is 11.5 Å². The maximum Gasteiger partial charge on any atom is 0.221 e. The fourth-order valence-corrected chi connectivity index (χ4v) is 3.55. The van der Waals surface area contributed by atoms with Gasteiger partial charge in [0, 0.05) is 44.3 Å². The Morgan fingerprint density at radius 3 is 2.56 bits per heavy atom. The third-order valence-electron chi connectivity index (χ3n) is 5.27. The van der Waals surface area contributed by atoms with E-state index in [1.807, 2.05) is 7.05 Å². The molecule has 0 fully saturated rings. The van der Waals surface area contributed by atoms with Crippen LogP contribution in [0.4, 0.5) is 4.39 Å². The van der Waals surface area contributed by atoms with Crippen LogP contribution in [0, 0.1) is 5.82 Å². The second-order valence-electron chi connectivity index (χ2n) is 7.58. The topological polar surface area (TPSA) is 82.5 Å². The van der Waals surface area contributed by atoms with E-state index in [0.29, 0.717) is 41.7 Å². The molecule has 32 heavy (non-hydrogen) atoms. The number of Topliss-reactive ketones (excluding diaryl/α,β-unsaturated/α-hetero) is 1. The Morgan fingerprint density at radius 2 is 1.84 bits per heavy atom. The lowest BCUT2D eigenvalue weighted by Gasteiger charge is -2.19. The Kier molecular flexibility index (Phi) is 6.49. The molecule has 1 N–H and O–H groups in total. The second kappa shape index (κ2) is 9.64. The summed E-state index contributed by atoms with van der Waals surface area (Å²) < 4.78 is 26.4. The molecule has 0 bridgehead atoms. The van der Waals surface area contributed by atoms with E-state index in [1.165, 1.54) is 12.1 Å². The van der Waals surface area contributed by atoms with Crippen LogP contribution in [0.15, 0.2) is 54.9 Å². The van der Waals surface area contributed by atoms with Crippen molar-refractivity contribution in [3.05, 3.63) is 77.6 Å². The predicted octanol–water partition coefficient (Wildman–Crippen LogP) is 3.59. The second-order valence-corrected chi connectivity index (χ2v) is 7.58. The van der Waals surface area contributed by atoms with Gasteiger partial charge in [0.25, 0.3) is 0 Å². The highest BCUT2D eigenvalue weighted by Crippen LogP contribution is 2.31. The maximum absolute atomic E-state index is 13.4. The Balaban J connectivity index is 1.42. The van der Waals surface area contributed by atoms with Gasteiger partial charge in [0.05, 0.1) is 13.2 Å². The van der Waals surface area contributed by atoms with Gasteiger partial charge in [-0.15, -0.1) is 0 Å². The summed E-state index contributed by atoms with van der Waals surface area (Å²) in [5.41, 5.74) is 1.17. The summed E-state index contributed by atoms with van der Waals surface area (Å²) in [6.07, 6.45) is 4.23. The van der Waals surface area contributed by atoms with Crippen LogP contribution in [0.3, 0.4) is 0 Å². The SMILES string of the molecule is Cn1ccnc1[C@@H](NC(=O)CCC(=O)c1ccc2c(c1)OCCCO2)c1ccc(F)cc1. The third-order valence-corrected chi connectivity index (χ3v) is 5.27. The number of hydrogen-bond donors (Lipinski definition) is 1. The molecule has 4 rings (SSSR count). The number of nitrogens with one attached hydrogen (secondary N) is 1. The normalized spacial score (nSPS) is 13.8. The van der Waals surface area contributed by atoms with Gasteiger partial charge in [-0.25, -0.2) is 9.37 Å². The summed E-state index contributed by atoms with van der Waals surface area (Å²) in [4.78, 5) is 29.7. The molecule has 0 saturated heterocycles. The fraction of sp³-hybridized carbons (Fsp3) is 0.292. The number of aromatic nitrogens is 2. The summed E-state index contributed by atoms with van der Waals surface area (Å²) in [6.45, 7) is 1.11. The van der Waals surface area contributed by atoms with E-state index >= 15 is 0 Å². The predicted molar refractivity (Wildman–Crippen MR) is 115 cm³/mol. The van der Waals surface area contributed by atoms with Crippen LogP contribution in [0.25, 0.3) is 0 Å². The van der Waals surface area contributed by atoms with Gasteiger partial charge in [-0.1, -0.05) is 12.1 Å². The number of hydrogen-bond acceptors (Lipinski definition) is 5. The molecule has 7 nitrogen and oxygen atoms in total. The number of carbonyl (C=O) groups excluding carboxylic acids is 2. The standard InChI is InChI=1S/C24H24FN3O4/c1-28-12-11-26-24(28)23(16-3-6-18(25)7-4-16)27-22(30)10-8-19(29)17-5-9-20-21(15-17)32-14-2-13-31-20/h3-7,9,11-12,15,23H,2,8,10,13-14H2,1H3,(H,27,30)/t23-/m0/s1. The summed E-state index contributed by atoms with van der Waals surface area (Å²) in [7, 11) is 1.82. The van der Waals surface area contributed by atoms with Gasteiger partial charge in [-0.3, -0.25) is 9.59 Å². The van der Waals surface area contributed by atoms with E-state index in [4.69, 9.17) is 9.47 Å². The largest absolute Gasteiger partial charge is 0.490 e. The highest BCUT2D eigenvalue weighted by Gasteiger charge is 2.22. The molecule has 1 aromatic heterocycles. The van der Waals surface area contributed by atoms with Gasteiger partial charge in [-0.2, -0.15) is 0 Å². The van der Waals surface area contributed by atoms with Gasteiger partial charge in [-0.05, 0) is 35.9 Å². The molecule has 8 heteroatoms. The van der Waals surface area contributed by atoms with E-state index < -0.39 is 6.04 Å². The zero-order chi connectivity index (χ0) is 22.5. The molecular weight excluding hydrogens is 413 g/mol. The maximum atomic E-state index is 13.4. The van der Waals surface area contributed by atoms with E-state index in [0.717, 1.165) is 6.42 Å². The number of fused-ring (bicyclic) bond motifs is 1. The van der Waals surface area contributed by atoms with Gasteiger partial charge < -0.3 is 19.4 Å². The third kappa shape index (κ3) is 4.96. The number of halogens is 1. The fourth-order valence-electron chi connectivity index (χ4n) is 3.55. The van der Waals surface area contributed by atoms with Crippen molar-refractivity contribution in [1.82, 2.24) is 14.9 Å². The van der Waals surface area contributed by atoms with Crippen molar-refractivity contribution in [2.45, 2.75) is 25.3 Å². The molecule has 1 aliphatic rings. The minimum Gasteiger partial charge on any atom is -0.490 e. The Hall–Kier alpha value is -3.68. The van der Waals surface area contributed by atoms with Crippen LogP contribution in [-0.4, -0.2) is 34.5 Å². The summed E-state index contributed by atoms with van der Waals surface area (Å²) in [6, 6.07) is 10.4. The molecule has 0 unspecified atom stereocenters. The van der Waals surface area contributed by atoms with Crippen molar-refractivity contribution in [2.24, 2.45) is 7.05 Å². The molecule has 2 aromatic carbocycles. The number of ketones is 1. The van der Waals surface area contributed by atoms with Crippen molar-refractivity contribution < 1.29 is 23.5 Å². The van der Waals surface area contributed by atoms with Crippen LogP contribution in [0.5, 0.6) is 11.5 Å². The minimum atomic E-state index is -0.559. The molecule has 166 valence electrons. The van der Waals surface area contributed by atoms with E-state index in [-0.39, 0.29) is 30.3 Å². The molecule has 0 aliphatic carbocycles. The summed E-state index contributed by atoms with van der Waals surface area (Å²) in [5.74, 6) is 0.952. The molecular formula is C24H24FN3O4. The van der Waals surface area contributed by atoms with Crippen LogP contribution in [0.1, 0.15) is 47.1 Å². The van der Waals surface area contributed by atoms with Crippen molar-refractivity contribution >= 4 is 11.7 Å². The number of benzene rings is 2. The Labute approximate surface area is 185 Å². The Morgan fingerprint density at radius 1 is 1.09 bits per heavy atom. The number of rotatable bonds is 7. The van der Waals surface area contributed by atoms with Gasteiger partial charge in [0.15, 0.2) is 17.3 Å². The van der Waals surface area contributed by atoms with E-state index in [2.05, 4.69) is 10.3 Å². The number of imidazole rings is 1. The lowest BCUT2D eigenvalue weighted by Crippen LogP contribution is -2.31. The quantitative estimate of drug-likeness (QED) is 0.572. The van der Waals surface area contributed by atoms with Crippen LogP contribution < -0.4 is 14.8 Å². The van der Waals surface area contributed by atoms with Crippen LogP contribution in [-0.2, 0) is 11.8 Å². The molecule has 0 radical (unpaired) electrons. The molecule has 1 atom stereocenters. The van der Waals surface area contributed by atoms with Gasteiger partial charge >= 0.3 is 0 Å². The lowest BCUT2D eigenvalue weighted by molar-refractivity contribution is -0.121. The van der Waals surface area contributed by atoms with E-state index in [1.54, 1.807) is 47.3 Å². The first-order valence-electron chi connectivity index (χ1n) is 10.5. The van der Waals surface area contributed by atoms with Crippen LogP contribution in [0.2, 0.25) is 0 Å². The van der Waals surface area contributed by atoms with Crippen molar-refractivity contribution in [3.63, 3.8) is 0 Å².